The van der Waals surface area contributed by atoms with Crippen LogP contribution >= 0.6 is 0 Å². The number of rotatable bonds is 3. The van der Waals surface area contributed by atoms with Gasteiger partial charge in [0, 0.05) is 22.0 Å². The summed E-state index contributed by atoms with van der Waals surface area (Å²) in [6.07, 6.45) is 5.84. The third-order valence-corrected chi connectivity index (χ3v) is 7.40. The van der Waals surface area contributed by atoms with Crippen molar-refractivity contribution in [3.63, 3.8) is 0 Å². The van der Waals surface area contributed by atoms with Crippen molar-refractivity contribution in [1.29, 1.82) is 0 Å². The Labute approximate surface area is 148 Å². The van der Waals surface area contributed by atoms with Gasteiger partial charge in [-0.1, -0.05) is 13.5 Å². The van der Waals surface area contributed by atoms with Gasteiger partial charge in [0.05, 0.1) is 5.60 Å². The highest BCUT2D eigenvalue weighted by Gasteiger charge is 2.85. The summed E-state index contributed by atoms with van der Waals surface area (Å²) in [4.78, 5) is 33.2. The molecule has 3 unspecified atom stereocenters. The van der Waals surface area contributed by atoms with E-state index in [2.05, 4.69) is 18.4 Å². The van der Waals surface area contributed by atoms with Crippen LogP contribution in [0.15, 0.2) is 23.3 Å². The Kier molecular flexibility index (Phi) is 3.34. The molecular weight excluding hydrogens is 320 g/mol. The van der Waals surface area contributed by atoms with Crippen LogP contribution < -0.4 is 0 Å². The zero-order valence-electron chi connectivity index (χ0n) is 15.2. The molecule has 136 valence electrons. The summed E-state index contributed by atoms with van der Waals surface area (Å²) in [5.74, 6) is -0.273. The van der Waals surface area contributed by atoms with Crippen LogP contribution in [0.1, 0.15) is 59.3 Å². The summed E-state index contributed by atoms with van der Waals surface area (Å²) in [5, 5.41) is 11.5. The van der Waals surface area contributed by atoms with E-state index in [9.17, 15) is 14.7 Å². The quantitative estimate of drug-likeness (QED) is 0.482. The molecule has 1 N–H and O–H groups in total. The van der Waals surface area contributed by atoms with E-state index in [0.717, 1.165) is 37.7 Å². The molecule has 5 aliphatic carbocycles. The van der Waals surface area contributed by atoms with Gasteiger partial charge in [0.15, 0.2) is 0 Å². The van der Waals surface area contributed by atoms with Crippen LogP contribution in [0.3, 0.4) is 0 Å². The molecule has 5 rings (SSSR count). The van der Waals surface area contributed by atoms with Crippen LogP contribution in [0.25, 0.3) is 0 Å². The number of carbonyl (C=O) groups is 2. The Morgan fingerprint density at radius 1 is 1.12 bits per heavy atom. The smallest absolute Gasteiger partial charge is 0.382 e. The first-order valence-electron chi connectivity index (χ1n) is 9.23. The number of hydrogen-bond donors (Lipinski definition) is 1. The van der Waals surface area contributed by atoms with Gasteiger partial charge in [-0.05, 0) is 69.8 Å². The lowest BCUT2D eigenvalue weighted by molar-refractivity contribution is -0.252. The van der Waals surface area contributed by atoms with E-state index in [1.807, 2.05) is 0 Å². The Morgan fingerprint density at radius 3 is 2.20 bits per heavy atom. The maximum Gasteiger partial charge on any atom is 0.382 e. The van der Waals surface area contributed by atoms with E-state index < -0.39 is 17.5 Å². The standard InChI is InChI=1S/C20H26O5/c1-5-20-15(12(4)17(22)25-24-16(21)11(2)3)18(20)7-13-6-14(8-18)10-19(20,23)9-13/h13-14,23H,2,5-10H2,1,3-4H3/b15-12+. The highest BCUT2D eigenvalue weighted by Crippen LogP contribution is 2.88. The predicted octanol–water partition coefficient (Wildman–Crippen LogP) is 3.23. The minimum absolute atomic E-state index is 0.0535. The van der Waals surface area contributed by atoms with Crippen LogP contribution in [0.4, 0.5) is 0 Å². The SMILES string of the molecule is C=C(C)C(=O)OOC(=O)/C(C)=C1\C23CC4CC(CC(O)(C4)C12CC)C3. The van der Waals surface area contributed by atoms with Crippen LogP contribution in [-0.2, 0) is 19.4 Å². The molecule has 5 saturated carbocycles. The van der Waals surface area contributed by atoms with E-state index in [-0.39, 0.29) is 16.4 Å². The third kappa shape index (κ3) is 1.88. The van der Waals surface area contributed by atoms with Crippen molar-refractivity contribution in [2.45, 2.75) is 64.9 Å². The maximum atomic E-state index is 12.5. The van der Waals surface area contributed by atoms with Gasteiger partial charge in [-0.2, -0.15) is 0 Å². The van der Waals surface area contributed by atoms with Crippen LogP contribution in [0, 0.1) is 22.7 Å². The van der Waals surface area contributed by atoms with Crippen molar-refractivity contribution in [2.75, 3.05) is 0 Å². The number of hydrogen-bond acceptors (Lipinski definition) is 5. The Balaban J connectivity index is 1.66. The molecule has 3 atom stereocenters. The average Bonchev–Trinajstić information content (AvgIpc) is 3.12. The van der Waals surface area contributed by atoms with Gasteiger partial charge in [0.25, 0.3) is 0 Å². The van der Waals surface area contributed by atoms with E-state index in [4.69, 9.17) is 4.89 Å². The van der Waals surface area contributed by atoms with Crippen molar-refractivity contribution in [2.24, 2.45) is 22.7 Å². The Morgan fingerprint density at radius 2 is 1.68 bits per heavy atom. The van der Waals surface area contributed by atoms with E-state index >= 15 is 0 Å². The summed E-state index contributed by atoms with van der Waals surface area (Å²) in [6.45, 7) is 8.80. The largest absolute Gasteiger partial charge is 0.389 e. The molecule has 1 spiro atoms. The van der Waals surface area contributed by atoms with Crippen molar-refractivity contribution in [1.82, 2.24) is 0 Å². The zero-order valence-corrected chi connectivity index (χ0v) is 15.2. The van der Waals surface area contributed by atoms with E-state index in [1.165, 1.54) is 13.3 Å². The molecule has 5 nitrogen and oxygen atoms in total. The van der Waals surface area contributed by atoms with Crippen molar-refractivity contribution >= 4 is 11.9 Å². The molecule has 0 radical (unpaired) electrons. The molecule has 5 fully saturated rings. The molecule has 0 aliphatic heterocycles. The van der Waals surface area contributed by atoms with Crippen molar-refractivity contribution in [3.05, 3.63) is 23.3 Å². The van der Waals surface area contributed by atoms with E-state index in [0.29, 0.717) is 17.4 Å². The number of carbonyl (C=O) groups excluding carboxylic acids is 2. The second-order valence-corrected chi connectivity index (χ2v) is 8.68. The van der Waals surface area contributed by atoms with Crippen molar-refractivity contribution < 1.29 is 24.5 Å². The summed E-state index contributed by atoms with van der Waals surface area (Å²) >= 11 is 0. The second kappa shape index (κ2) is 4.97. The van der Waals surface area contributed by atoms with Gasteiger partial charge in [-0.15, -0.1) is 0 Å². The highest BCUT2D eigenvalue weighted by atomic mass is 17.2. The summed E-state index contributed by atoms with van der Waals surface area (Å²) in [5.41, 5.74) is 0.685. The first kappa shape index (κ1) is 16.8. The topological polar surface area (TPSA) is 72.8 Å². The summed E-state index contributed by atoms with van der Waals surface area (Å²) in [7, 11) is 0. The first-order valence-corrected chi connectivity index (χ1v) is 9.23. The van der Waals surface area contributed by atoms with Crippen LogP contribution in [0.5, 0.6) is 0 Å². The molecular formula is C20H26O5. The first-order chi connectivity index (χ1) is 11.7. The highest BCUT2D eigenvalue weighted by molar-refractivity contribution is 5.92. The van der Waals surface area contributed by atoms with Gasteiger partial charge in [0.2, 0.25) is 0 Å². The van der Waals surface area contributed by atoms with Gasteiger partial charge < -0.3 is 5.11 Å². The van der Waals surface area contributed by atoms with E-state index in [1.54, 1.807) is 6.92 Å². The minimum Gasteiger partial charge on any atom is -0.389 e. The summed E-state index contributed by atoms with van der Waals surface area (Å²) in [6, 6.07) is 0. The molecule has 0 amide bonds. The molecule has 0 aromatic carbocycles. The molecule has 4 bridgehead atoms. The zero-order chi connectivity index (χ0) is 18.2. The molecule has 0 saturated heterocycles. The number of aliphatic hydroxyl groups is 1. The van der Waals surface area contributed by atoms with Gasteiger partial charge in [-0.3, -0.25) is 0 Å². The lowest BCUT2D eigenvalue weighted by Crippen LogP contribution is -2.57. The molecule has 25 heavy (non-hydrogen) atoms. The monoisotopic (exact) mass is 346 g/mol. The fourth-order valence-electron chi connectivity index (χ4n) is 7.04. The predicted molar refractivity (Wildman–Crippen MR) is 89.9 cm³/mol. The molecule has 0 aromatic rings. The fourth-order valence-corrected chi connectivity index (χ4v) is 7.04. The lowest BCUT2D eigenvalue weighted by Gasteiger charge is -2.57. The molecule has 5 aliphatic rings. The van der Waals surface area contributed by atoms with Crippen molar-refractivity contribution in [3.8, 4) is 0 Å². The third-order valence-electron chi connectivity index (χ3n) is 7.40. The normalized spacial score (nSPS) is 44.8. The fraction of sp³-hybridized carbons (Fsp3) is 0.700. The molecule has 0 heterocycles. The average molecular weight is 346 g/mol. The van der Waals surface area contributed by atoms with Gasteiger partial charge in [-0.25, -0.2) is 19.4 Å². The van der Waals surface area contributed by atoms with Gasteiger partial charge >= 0.3 is 11.9 Å². The second-order valence-electron chi connectivity index (χ2n) is 8.68. The Bertz CT molecular complexity index is 704. The molecule has 5 heteroatoms. The summed E-state index contributed by atoms with van der Waals surface area (Å²) < 4.78 is 0. The Hall–Kier alpha value is -1.62. The maximum absolute atomic E-state index is 12.5. The van der Waals surface area contributed by atoms with Crippen LogP contribution in [0.2, 0.25) is 0 Å². The minimum atomic E-state index is -0.749. The molecule has 0 aromatic heterocycles. The van der Waals surface area contributed by atoms with Crippen LogP contribution in [-0.4, -0.2) is 22.6 Å². The lowest BCUT2D eigenvalue weighted by atomic mass is 9.49. The van der Waals surface area contributed by atoms with Gasteiger partial charge in [0.1, 0.15) is 0 Å².